The molecule has 0 saturated carbocycles. The number of likely N-dealkylation sites (tertiary alicyclic amines) is 1. The van der Waals surface area contributed by atoms with E-state index in [1.807, 2.05) is 6.92 Å². The van der Waals surface area contributed by atoms with Crippen LogP contribution in [0.5, 0.6) is 0 Å². The van der Waals surface area contributed by atoms with Crippen LogP contribution in [-0.4, -0.2) is 44.7 Å². The molecule has 0 bridgehead atoms. The largest absolute Gasteiger partial charge is 0.315 e. The molecule has 2 aromatic heterocycles. The van der Waals surface area contributed by atoms with Crippen LogP contribution in [0.25, 0.3) is 0 Å². The molecule has 1 unspecified atom stereocenters. The number of rotatable bonds is 4. The van der Waals surface area contributed by atoms with Gasteiger partial charge in [0.15, 0.2) is 0 Å². The summed E-state index contributed by atoms with van der Waals surface area (Å²) in [6, 6.07) is 2.06. The lowest BCUT2D eigenvalue weighted by atomic mass is 9.96. The van der Waals surface area contributed by atoms with Crippen LogP contribution in [0.4, 0.5) is 10.9 Å². The van der Waals surface area contributed by atoms with Crippen molar-refractivity contribution in [2.45, 2.75) is 40.0 Å². The van der Waals surface area contributed by atoms with E-state index in [4.69, 9.17) is 0 Å². The van der Waals surface area contributed by atoms with Crippen LogP contribution in [0.2, 0.25) is 0 Å². The summed E-state index contributed by atoms with van der Waals surface area (Å²) in [4.78, 5) is 11.7. The minimum atomic E-state index is 0.334. The van der Waals surface area contributed by atoms with Crippen LogP contribution >= 0.6 is 11.3 Å². The summed E-state index contributed by atoms with van der Waals surface area (Å²) in [5.41, 5.74) is 3.17. The average Bonchev–Trinajstić information content (AvgIpc) is 3.08. The third-order valence-electron chi connectivity index (χ3n) is 3.84. The van der Waals surface area contributed by atoms with Crippen molar-refractivity contribution in [2.75, 3.05) is 25.0 Å². The van der Waals surface area contributed by atoms with Crippen molar-refractivity contribution in [2.24, 2.45) is 5.41 Å². The molecule has 23 heavy (non-hydrogen) atoms. The van der Waals surface area contributed by atoms with E-state index in [1.54, 1.807) is 5.51 Å². The first-order valence-electron chi connectivity index (χ1n) is 8.00. The summed E-state index contributed by atoms with van der Waals surface area (Å²) >= 11 is 1.47. The third kappa shape index (κ3) is 4.45. The molecule has 0 radical (unpaired) electrons. The van der Waals surface area contributed by atoms with Gasteiger partial charge in [0, 0.05) is 25.1 Å². The standard InChI is InChI=1S/C16H24N6S/c1-11-18-13(7-14(19-11)20-15-21-17-10-23-15)12-5-6-22(8-12)9-16(2,3)4/h7,10,12H,5-6,8-9H2,1-4H3,(H,18,19,20,21). The maximum Gasteiger partial charge on any atom is 0.210 e. The zero-order valence-electron chi connectivity index (χ0n) is 14.2. The van der Waals surface area contributed by atoms with Crippen LogP contribution in [0, 0.1) is 12.3 Å². The third-order valence-corrected chi connectivity index (χ3v) is 4.45. The van der Waals surface area contributed by atoms with E-state index < -0.39 is 0 Å². The van der Waals surface area contributed by atoms with Crippen LogP contribution in [0.1, 0.15) is 44.6 Å². The first kappa shape index (κ1) is 16.3. The van der Waals surface area contributed by atoms with Crippen LogP contribution in [0.3, 0.4) is 0 Å². The molecule has 0 spiro atoms. The minimum Gasteiger partial charge on any atom is -0.315 e. The Kier molecular flexibility index (Phi) is 4.59. The van der Waals surface area contributed by atoms with Gasteiger partial charge >= 0.3 is 0 Å². The molecule has 6 nitrogen and oxygen atoms in total. The number of anilines is 2. The zero-order valence-corrected chi connectivity index (χ0v) is 15.0. The summed E-state index contributed by atoms with van der Waals surface area (Å²) in [5.74, 6) is 2.08. The average molecular weight is 332 g/mol. The lowest BCUT2D eigenvalue weighted by molar-refractivity contribution is 0.225. The number of nitrogens with zero attached hydrogens (tertiary/aromatic N) is 5. The van der Waals surface area contributed by atoms with Crippen molar-refractivity contribution in [1.82, 2.24) is 25.1 Å². The minimum absolute atomic E-state index is 0.334. The van der Waals surface area contributed by atoms with Gasteiger partial charge in [0.2, 0.25) is 5.13 Å². The highest BCUT2D eigenvalue weighted by molar-refractivity contribution is 7.13. The summed E-state index contributed by atoms with van der Waals surface area (Å²) < 4.78 is 0. The van der Waals surface area contributed by atoms with Crippen molar-refractivity contribution in [3.63, 3.8) is 0 Å². The van der Waals surface area contributed by atoms with Crippen molar-refractivity contribution in [1.29, 1.82) is 0 Å². The van der Waals surface area contributed by atoms with Gasteiger partial charge in [-0.25, -0.2) is 9.97 Å². The fourth-order valence-electron chi connectivity index (χ4n) is 3.09. The van der Waals surface area contributed by atoms with E-state index >= 15 is 0 Å². The second-order valence-electron chi connectivity index (χ2n) is 7.38. The van der Waals surface area contributed by atoms with Gasteiger partial charge in [-0.15, -0.1) is 10.2 Å². The highest BCUT2D eigenvalue weighted by atomic mass is 32.1. The van der Waals surface area contributed by atoms with Crippen molar-refractivity contribution in [3.8, 4) is 0 Å². The fraction of sp³-hybridized carbons (Fsp3) is 0.625. The smallest absolute Gasteiger partial charge is 0.210 e. The molecule has 7 heteroatoms. The highest BCUT2D eigenvalue weighted by Crippen LogP contribution is 2.30. The molecule has 0 aromatic carbocycles. The van der Waals surface area contributed by atoms with E-state index in [2.05, 4.69) is 57.2 Å². The normalized spacial score (nSPS) is 19.2. The van der Waals surface area contributed by atoms with Gasteiger partial charge in [0.1, 0.15) is 17.2 Å². The van der Waals surface area contributed by atoms with Crippen molar-refractivity contribution in [3.05, 3.63) is 23.1 Å². The number of hydrogen-bond acceptors (Lipinski definition) is 7. The van der Waals surface area contributed by atoms with Crippen LogP contribution in [0.15, 0.2) is 11.6 Å². The molecule has 1 fully saturated rings. The second kappa shape index (κ2) is 6.49. The summed E-state index contributed by atoms with van der Waals surface area (Å²) in [5, 5.41) is 11.8. The summed E-state index contributed by atoms with van der Waals surface area (Å²) in [7, 11) is 0. The number of aromatic nitrogens is 4. The molecule has 3 heterocycles. The monoisotopic (exact) mass is 332 g/mol. The van der Waals surface area contributed by atoms with Gasteiger partial charge in [-0.3, -0.25) is 0 Å². The number of hydrogen-bond donors (Lipinski definition) is 1. The van der Waals surface area contributed by atoms with Gasteiger partial charge in [-0.05, 0) is 25.3 Å². The SMILES string of the molecule is Cc1nc(Nc2nncs2)cc(C2CCN(CC(C)(C)C)C2)n1. The van der Waals surface area contributed by atoms with Gasteiger partial charge in [-0.1, -0.05) is 32.1 Å². The van der Waals surface area contributed by atoms with E-state index in [0.29, 0.717) is 11.3 Å². The molecule has 124 valence electrons. The van der Waals surface area contributed by atoms with Crippen molar-refractivity contribution < 1.29 is 0 Å². The van der Waals surface area contributed by atoms with Crippen molar-refractivity contribution >= 4 is 22.3 Å². The first-order chi connectivity index (χ1) is 10.9. The lowest BCUT2D eigenvalue weighted by Gasteiger charge is -2.26. The van der Waals surface area contributed by atoms with Crippen LogP contribution < -0.4 is 5.32 Å². The molecular formula is C16H24N6S. The molecule has 1 N–H and O–H groups in total. The highest BCUT2D eigenvalue weighted by Gasteiger charge is 2.28. The molecule has 1 aliphatic heterocycles. The van der Waals surface area contributed by atoms with E-state index in [0.717, 1.165) is 48.5 Å². The fourth-order valence-corrected chi connectivity index (χ4v) is 3.54. The van der Waals surface area contributed by atoms with Crippen LogP contribution in [-0.2, 0) is 0 Å². The maximum absolute atomic E-state index is 4.67. The number of aryl methyl sites for hydroxylation is 1. The Morgan fingerprint density at radius 2 is 2.17 bits per heavy atom. The predicted molar refractivity (Wildman–Crippen MR) is 93.2 cm³/mol. The van der Waals surface area contributed by atoms with Gasteiger partial charge in [-0.2, -0.15) is 0 Å². The Hall–Kier alpha value is -1.60. The summed E-state index contributed by atoms with van der Waals surface area (Å²) in [6.45, 7) is 12.2. The Labute approximate surface area is 141 Å². The molecular weight excluding hydrogens is 308 g/mol. The quantitative estimate of drug-likeness (QED) is 0.927. The zero-order chi connectivity index (χ0) is 16.4. The lowest BCUT2D eigenvalue weighted by Crippen LogP contribution is -2.30. The predicted octanol–water partition coefficient (Wildman–Crippen LogP) is 3.22. The van der Waals surface area contributed by atoms with Gasteiger partial charge in [0.05, 0.1) is 5.69 Å². The summed E-state index contributed by atoms with van der Waals surface area (Å²) in [6.07, 6.45) is 1.16. The Balaban J connectivity index is 1.72. The molecule has 1 aliphatic rings. The topological polar surface area (TPSA) is 66.8 Å². The van der Waals surface area contributed by atoms with Gasteiger partial charge in [0.25, 0.3) is 0 Å². The van der Waals surface area contributed by atoms with Gasteiger partial charge < -0.3 is 10.2 Å². The van der Waals surface area contributed by atoms with E-state index in [-0.39, 0.29) is 0 Å². The second-order valence-corrected chi connectivity index (χ2v) is 8.21. The Bertz CT molecular complexity index is 649. The molecule has 3 rings (SSSR count). The molecule has 1 atom stereocenters. The molecule has 0 aliphatic carbocycles. The van der Waals surface area contributed by atoms with E-state index in [9.17, 15) is 0 Å². The molecule has 1 saturated heterocycles. The number of nitrogens with one attached hydrogen (secondary N) is 1. The molecule has 2 aromatic rings. The first-order valence-corrected chi connectivity index (χ1v) is 8.88. The van der Waals surface area contributed by atoms with E-state index in [1.165, 1.54) is 11.3 Å². The Morgan fingerprint density at radius 1 is 1.35 bits per heavy atom. The Morgan fingerprint density at radius 3 is 2.87 bits per heavy atom. The molecule has 0 amide bonds. The maximum atomic E-state index is 4.67.